The predicted molar refractivity (Wildman–Crippen MR) is 39.7 cm³/mol. The smallest absolute Gasteiger partial charge is 0.308 e. The molecule has 1 fully saturated rings. The normalized spacial score (nSPS) is 41.8. The van der Waals surface area contributed by atoms with Gasteiger partial charge < -0.3 is 25.2 Å². The molecular weight excluding hydrogens is 180 g/mol. The van der Waals surface area contributed by atoms with E-state index in [1.54, 1.807) is 0 Å². The lowest BCUT2D eigenvalue weighted by Gasteiger charge is -2.17. The molecule has 1 aliphatic rings. The zero-order chi connectivity index (χ0) is 10.2. The fraction of sp³-hybridized carbons (Fsp3) is 0.857. The van der Waals surface area contributed by atoms with Gasteiger partial charge in [-0.1, -0.05) is 0 Å². The van der Waals surface area contributed by atoms with Gasteiger partial charge in [0.25, 0.3) is 0 Å². The zero-order valence-corrected chi connectivity index (χ0v) is 6.99. The Kier molecular flexibility index (Phi) is 2.87. The lowest BCUT2D eigenvalue weighted by Crippen LogP contribution is -2.37. The van der Waals surface area contributed by atoms with Crippen molar-refractivity contribution >= 4 is 5.97 Å². The molecule has 0 saturated carbocycles. The summed E-state index contributed by atoms with van der Waals surface area (Å²) in [5.74, 6) is -2.12. The third kappa shape index (κ3) is 1.80. The van der Waals surface area contributed by atoms with Crippen molar-refractivity contribution < 1.29 is 30.0 Å². The van der Waals surface area contributed by atoms with Gasteiger partial charge in [-0.15, -0.1) is 0 Å². The molecule has 5 atom stereocenters. The first-order valence-electron chi connectivity index (χ1n) is 3.87. The molecule has 0 aromatic rings. The van der Waals surface area contributed by atoms with E-state index in [4.69, 9.17) is 15.3 Å². The Labute approximate surface area is 74.4 Å². The maximum Gasteiger partial charge on any atom is 0.308 e. The van der Waals surface area contributed by atoms with E-state index >= 15 is 0 Å². The van der Waals surface area contributed by atoms with E-state index in [0.717, 1.165) is 0 Å². The fourth-order valence-corrected chi connectivity index (χ4v) is 1.24. The van der Waals surface area contributed by atoms with Gasteiger partial charge in [0.2, 0.25) is 0 Å². The molecular formula is C7H12O6. The highest BCUT2D eigenvalue weighted by molar-refractivity contribution is 5.70. The summed E-state index contributed by atoms with van der Waals surface area (Å²) in [6.07, 6.45) is -5.38. The number of carboxylic acids is 1. The fourth-order valence-electron chi connectivity index (χ4n) is 1.24. The molecule has 0 aromatic carbocycles. The second-order valence-electron chi connectivity index (χ2n) is 3.10. The molecule has 0 radical (unpaired) electrons. The van der Waals surface area contributed by atoms with Crippen LogP contribution in [0.1, 0.15) is 6.92 Å². The van der Waals surface area contributed by atoms with Gasteiger partial charge >= 0.3 is 5.97 Å². The molecule has 0 aromatic heterocycles. The van der Waals surface area contributed by atoms with Gasteiger partial charge in [0.1, 0.15) is 18.3 Å². The van der Waals surface area contributed by atoms with Crippen LogP contribution >= 0.6 is 0 Å². The summed E-state index contributed by atoms with van der Waals surface area (Å²) in [5.41, 5.74) is 0. The largest absolute Gasteiger partial charge is 0.481 e. The number of carbonyl (C=O) groups is 1. The van der Waals surface area contributed by atoms with Gasteiger partial charge in [0.15, 0.2) is 6.29 Å². The number of rotatable bonds is 2. The summed E-state index contributed by atoms with van der Waals surface area (Å²) in [7, 11) is 0. The van der Waals surface area contributed by atoms with Gasteiger partial charge in [-0.05, 0) is 6.92 Å². The Balaban J connectivity index is 2.68. The van der Waals surface area contributed by atoms with Crippen LogP contribution in [0.3, 0.4) is 0 Å². The summed E-state index contributed by atoms with van der Waals surface area (Å²) < 4.78 is 4.68. The van der Waals surface area contributed by atoms with Crippen molar-refractivity contribution in [3.05, 3.63) is 0 Å². The van der Waals surface area contributed by atoms with Crippen LogP contribution in [-0.2, 0) is 9.53 Å². The van der Waals surface area contributed by atoms with Crippen LogP contribution in [0.4, 0.5) is 0 Å². The molecule has 6 heteroatoms. The number of carboxylic acid groups (broad SMARTS) is 1. The van der Waals surface area contributed by atoms with Crippen molar-refractivity contribution in [3.8, 4) is 0 Å². The van der Waals surface area contributed by atoms with Gasteiger partial charge in [0.05, 0.1) is 5.92 Å². The average molecular weight is 192 g/mol. The van der Waals surface area contributed by atoms with Crippen LogP contribution in [0.2, 0.25) is 0 Å². The maximum absolute atomic E-state index is 10.5. The molecule has 4 N–H and O–H groups in total. The minimum Gasteiger partial charge on any atom is -0.481 e. The van der Waals surface area contributed by atoms with Gasteiger partial charge in [-0.2, -0.15) is 0 Å². The molecule has 6 nitrogen and oxygen atoms in total. The Morgan fingerprint density at radius 2 is 1.85 bits per heavy atom. The molecule has 1 rings (SSSR count). The quantitative estimate of drug-likeness (QED) is 0.409. The van der Waals surface area contributed by atoms with Crippen LogP contribution in [-0.4, -0.2) is 51.0 Å². The summed E-state index contributed by atoms with van der Waals surface area (Å²) in [5, 5.41) is 35.8. The topological polar surface area (TPSA) is 107 Å². The SMILES string of the molecule is CC(C(=O)O)C1OC(O)C(O)C1O. The molecule has 1 heterocycles. The summed E-state index contributed by atoms with van der Waals surface area (Å²) >= 11 is 0. The molecule has 0 aliphatic carbocycles. The Bertz CT molecular complexity index is 205. The second-order valence-corrected chi connectivity index (χ2v) is 3.10. The number of aliphatic hydroxyl groups is 3. The highest BCUT2D eigenvalue weighted by Crippen LogP contribution is 2.25. The van der Waals surface area contributed by atoms with E-state index in [1.807, 2.05) is 0 Å². The first-order chi connectivity index (χ1) is 5.95. The molecule has 76 valence electrons. The summed E-state index contributed by atoms with van der Waals surface area (Å²) in [4.78, 5) is 10.5. The van der Waals surface area contributed by atoms with Crippen LogP contribution in [0.15, 0.2) is 0 Å². The van der Waals surface area contributed by atoms with Gasteiger partial charge in [-0.3, -0.25) is 4.79 Å². The molecule has 5 unspecified atom stereocenters. The summed E-state index contributed by atoms with van der Waals surface area (Å²) in [6.45, 7) is 1.33. The number of hydrogen-bond acceptors (Lipinski definition) is 5. The molecule has 1 aliphatic heterocycles. The molecule has 0 bridgehead atoms. The monoisotopic (exact) mass is 192 g/mol. The van der Waals surface area contributed by atoms with Crippen LogP contribution < -0.4 is 0 Å². The summed E-state index contributed by atoms with van der Waals surface area (Å²) in [6, 6.07) is 0. The van der Waals surface area contributed by atoms with Crippen molar-refractivity contribution in [3.63, 3.8) is 0 Å². The van der Waals surface area contributed by atoms with Crippen LogP contribution in [0.5, 0.6) is 0 Å². The standard InChI is InChI=1S/C7H12O6/c1-2(6(10)11)5-3(8)4(9)7(12)13-5/h2-5,7-9,12H,1H3,(H,10,11). The van der Waals surface area contributed by atoms with E-state index in [9.17, 15) is 9.90 Å². The Morgan fingerprint density at radius 3 is 2.15 bits per heavy atom. The zero-order valence-electron chi connectivity index (χ0n) is 6.99. The highest BCUT2D eigenvalue weighted by Gasteiger charge is 2.46. The first-order valence-corrected chi connectivity index (χ1v) is 3.87. The average Bonchev–Trinajstić information content (AvgIpc) is 2.31. The maximum atomic E-state index is 10.5. The minimum atomic E-state index is -1.51. The third-order valence-corrected chi connectivity index (χ3v) is 2.16. The van der Waals surface area contributed by atoms with Crippen molar-refractivity contribution in [2.75, 3.05) is 0 Å². The number of aliphatic hydroxyl groups excluding tert-OH is 3. The third-order valence-electron chi connectivity index (χ3n) is 2.16. The van der Waals surface area contributed by atoms with E-state index in [2.05, 4.69) is 4.74 Å². The van der Waals surface area contributed by atoms with Crippen LogP contribution in [0, 0.1) is 5.92 Å². The van der Waals surface area contributed by atoms with Crippen molar-refractivity contribution in [2.24, 2.45) is 5.92 Å². The van der Waals surface area contributed by atoms with Gasteiger partial charge in [-0.25, -0.2) is 0 Å². The van der Waals surface area contributed by atoms with E-state index < -0.39 is 36.5 Å². The number of ether oxygens (including phenoxy) is 1. The second kappa shape index (κ2) is 3.59. The lowest BCUT2D eigenvalue weighted by molar-refractivity contribution is -0.158. The Morgan fingerprint density at radius 1 is 1.31 bits per heavy atom. The van der Waals surface area contributed by atoms with Gasteiger partial charge in [0, 0.05) is 0 Å². The van der Waals surface area contributed by atoms with Crippen molar-refractivity contribution in [1.29, 1.82) is 0 Å². The molecule has 0 amide bonds. The first kappa shape index (κ1) is 10.4. The predicted octanol–water partition coefficient (Wildman–Crippen LogP) is -1.85. The minimum absolute atomic E-state index is 0.971. The lowest BCUT2D eigenvalue weighted by atomic mass is 9.99. The van der Waals surface area contributed by atoms with Crippen LogP contribution in [0.25, 0.3) is 0 Å². The molecule has 0 spiro atoms. The molecule has 1 saturated heterocycles. The number of aliphatic carboxylic acids is 1. The highest BCUT2D eigenvalue weighted by atomic mass is 16.6. The van der Waals surface area contributed by atoms with Crippen molar-refractivity contribution in [2.45, 2.75) is 31.5 Å². The van der Waals surface area contributed by atoms with E-state index in [0.29, 0.717) is 0 Å². The van der Waals surface area contributed by atoms with E-state index in [1.165, 1.54) is 6.92 Å². The molecule has 13 heavy (non-hydrogen) atoms. The van der Waals surface area contributed by atoms with E-state index in [-0.39, 0.29) is 0 Å². The van der Waals surface area contributed by atoms with Crippen molar-refractivity contribution in [1.82, 2.24) is 0 Å². The number of hydrogen-bond donors (Lipinski definition) is 4. The Hall–Kier alpha value is -0.690.